The molecule has 2 fully saturated rings. The fourth-order valence-electron chi connectivity index (χ4n) is 4.42. The molecule has 6 nitrogen and oxygen atoms in total. The largest absolute Gasteiger partial charge is 0.508 e. The summed E-state index contributed by atoms with van der Waals surface area (Å²) in [7, 11) is 1.65. The fraction of sp³-hybridized carbons (Fsp3) is 0.381. The summed E-state index contributed by atoms with van der Waals surface area (Å²) in [6, 6.07) is 14.8. The number of carbonyl (C=O) groups is 1. The van der Waals surface area contributed by atoms with Gasteiger partial charge in [0, 0.05) is 12.5 Å². The van der Waals surface area contributed by atoms with Crippen molar-refractivity contribution < 1.29 is 14.6 Å². The van der Waals surface area contributed by atoms with Crippen LogP contribution in [0.2, 0.25) is 0 Å². The van der Waals surface area contributed by atoms with Gasteiger partial charge in [0.05, 0.1) is 19.2 Å². The number of likely N-dealkylation sites (tertiary alicyclic amines) is 1. The summed E-state index contributed by atoms with van der Waals surface area (Å²) >= 11 is 0. The van der Waals surface area contributed by atoms with E-state index in [4.69, 9.17) is 4.74 Å². The number of methoxy groups -OCH3 is 1. The van der Waals surface area contributed by atoms with Crippen molar-refractivity contribution in [2.75, 3.05) is 13.7 Å². The van der Waals surface area contributed by atoms with E-state index in [1.807, 2.05) is 35.2 Å². The van der Waals surface area contributed by atoms with Crippen LogP contribution in [0.5, 0.6) is 11.5 Å². The van der Waals surface area contributed by atoms with Gasteiger partial charge >= 0.3 is 0 Å². The van der Waals surface area contributed by atoms with Gasteiger partial charge in [-0.15, -0.1) is 0 Å². The topological polar surface area (TPSA) is 73.8 Å². The number of phenols is 1. The van der Waals surface area contributed by atoms with Gasteiger partial charge in [0.1, 0.15) is 17.5 Å². The summed E-state index contributed by atoms with van der Waals surface area (Å²) < 4.78 is 5.38. The molecule has 2 aromatic rings. The SMILES string of the molecule is CCCN1C(=O)C2NNC(c3cccc(OC)c3)C2C1c1cccc(O)c1. The molecule has 2 aliphatic heterocycles. The summed E-state index contributed by atoms with van der Waals surface area (Å²) in [5.41, 5.74) is 8.57. The number of carbonyl (C=O) groups excluding carboxylic acids is 1. The third-order valence-corrected chi connectivity index (χ3v) is 5.54. The van der Waals surface area contributed by atoms with Gasteiger partial charge in [-0.1, -0.05) is 31.2 Å². The minimum Gasteiger partial charge on any atom is -0.508 e. The summed E-state index contributed by atoms with van der Waals surface area (Å²) in [6.07, 6.45) is 0.887. The van der Waals surface area contributed by atoms with E-state index in [2.05, 4.69) is 23.8 Å². The molecule has 142 valence electrons. The summed E-state index contributed by atoms with van der Waals surface area (Å²) in [6.45, 7) is 2.77. The van der Waals surface area contributed by atoms with Crippen molar-refractivity contribution >= 4 is 5.91 Å². The van der Waals surface area contributed by atoms with Crippen LogP contribution in [0.4, 0.5) is 0 Å². The van der Waals surface area contributed by atoms with Gasteiger partial charge in [0.25, 0.3) is 0 Å². The molecule has 0 aromatic heterocycles. The summed E-state index contributed by atoms with van der Waals surface area (Å²) in [4.78, 5) is 15.0. The second-order valence-corrected chi connectivity index (χ2v) is 7.17. The Morgan fingerprint density at radius 1 is 1.07 bits per heavy atom. The molecule has 4 rings (SSSR count). The first-order chi connectivity index (χ1) is 13.1. The van der Waals surface area contributed by atoms with Crippen molar-refractivity contribution in [3.8, 4) is 11.5 Å². The second kappa shape index (κ2) is 7.21. The average Bonchev–Trinajstić information content (AvgIpc) is 3.22. The van der Waals surface area contributed by atoms with Crippen molar-refractivity contribution in [1.29, 1.82) is 0 Å². The lowest BCUT2D eigenvalue weighted by Crippen LogP contribution is -2.41. The zero-order valence-electron chi connectivity index (χ0n) is 15.6. The fourth-order valence-corrected chi connectivity index (χ4v) is 4.42. The molecule has 2 saturated heterocycles. The lowest BCUT2D eigenvalue weighted by atomic mass is 9.83. The van der Waals surface area contributed by atoms with E-state index in [1.54, 1.807) is 19.2 Å². The number of aromatic hydroxyl groups is 1. The number of hydrogen-bond acceptors (Lipinski definition) is 5. The number of hydrazine groups is 1. The summed E-state index contributed by atoms with van der Waals surface area (Å²) in [5, 5.41) is 10.00. The number of amides is 1. The molecule has 1 amide bonds. The lowest BCUT2D eigenvalue weighted by Gasteiger charge is -2.31. The van der Waals surface area contributed by atoms with Crippen molar-refractivity contribution in [3.05, 3.63) is 59.7 Å². The third-order valence-electron chi connectivity index (χ3n) is 5.54. The number of phenolic OH excluding ortho intramolecular Hbond substituents is 1. The Labute approximate surface area is 159 Å². The van der Waals surface area contributed by atoms with E-state index < -0.39 is 0 Å². The average molecular weight is 367 g/mol. The van der Waals surface area contributed by atoms with Crippen LogP contribution in [0.1, 0.15) is 36.6 Å². The van der Waals surface area contributed by atoms with Crippen molar-refractivity contribution in [1.82, 2.24) is 15.8 Å². The maximum atomic E-state index is 13.1. The molecule has 27 heavy (non-hydrogen) atoms. The molecule has 3 N–H and O–H groups in total. The minimum absolute atomic E-state index is 0.0120. The molecular weight excluding hydrogens is 342 g/mol. The first kappa shape index (κ1) is 17.8. The number of fused-ring (bicyclic) bond motifs is 1. The van der Waals surface area contributed by atoms with Crippen LogP contribution in [-0.4, -0.2) is 35.6 Å². The monoisotopic (exact) mass is 367 g/mol. The van der Waals surface area contributed by atoms with Gasteiger partial charge in [-0.25, -0.2) is 10.9 Å². The zero-order valence-corrected chi connectivity index (χ0v) is 15.6. The van der Waals surface area contributed by atoms with E-state index >= 15 is 0 Å². The van der Waals surface area contributed by atoms with E-state index in [9.17, 15) is 9.90 Å². The highest BCUT2D eigenvalue weighted by molar-refractivity contribution is 5.86. The van der Waals surface area contributed by atoms with Gasteiger partial charge in [-0.05, 0) is 41.8 Å². The van der Waals surface area contributed by atoms with Crippen LogP contribution in [-0.2, 0) is 4.79 Å². The van der Waals surface area contributed by atoms with Crippen molar-refractivity contribution in [2.24, 2.45) is 5.92 Å². The van der Waals surface area contributed by atoms with Crippen LogP contribution in [0.15, 0.2) is 48.5 Å². The Morgan fingerprint density at radius 3 is 2.56 bits per heavy atom. The molecule has 4 unspecified atom stereocenters. The van der Waals surface area contributed by atoms with Crippen LogP contribution in [0, 0.1) is 5.92 Å². The molecule has 6 heteroatoms. The smallest absolute Gasteiger partial charge is 0.242 e. The van der Waals surface area contributed by atoms with Gasteiger partial charge in [-0.2, -0.15) is 0 Å². The van der Waals surface area contributed by atoms with E-state index in [0.717, 1.165) is 23.3 Å². The predicted octanol–water partition coefficient (Wildman–Crippen LogP) is 2.53. The first-order valence-corrected chi connectivity index (χ1v) is 9.38. The maximum Gasteiger partial charge on any atom is 0.242 e. The van der Waals surface area contributed by atoms with E-state index in [1.165, 1.54) is 0 Å². The van der Waals surface area contributed by atoms with Gasteiger partial charge in [-0.3, -0.25) is 4.79 Å². The quantitative estimate of drug-likeness (QED) is 0.757. The third kappa shape index (κ3) is 3.05. The van der Waals surface area contributed by atoms with Crippen LogP contribution in [0.3, 0.4) is 0 Å². The molecule has 4 atom stereocenters. The molecule has 0 spiro atoms. The Hall–Kier alpha value is -2.57. The minimum atomic E-state index is -0.292. The molecule has 0 aliphatic carbocycles. The Kier molecular flexibility index (Phi) is 4.76. The predicted molar refractivity (Wildman–Crippen MR) is 102 cm³/mol. The highest BCUT2D eigenvalue weighted by Gasteiger charge is 2.55. The van der Waals surface area contributed by atoms with Crippen LogP contribution in [0.25, 0.3) is 0 Å². The second-order valence-electron chi connectivity index (χ2n) is 7.17. The van der Waals surface area contributed by atoms with Gasteiger partial charge in [0.2, 0.25) is 5.91 Å². The van der Waals surface area contributed by atoms with Crippen LogP contribution < -0.4 is 15.6 Å². The first-order valence-electron chi connectivity index (χ1n) is 9.38. The number of hydrogen-bond donors (Lipinski definition) is 3. The highest BCUT2D eigenvalue weighted by Crippen LogP contribution is 2.47. The molecule has 2 heterocycles. The Morgan fingerprint density at radius 2 is 1.81 bits per heavy atom. The van der Waals surface area contributed by atoms with E-state index in [-0.39, 0.29) is 35.7 Å². The number of nitrogens with zero attached hydrogens (tertiary/aromatic N) is 1. The molecule has 0 bridgehead atoms. The standard InChI is InChI=1S/C21H25N3O3/c1-3-10-24-20(14-7-4-8-15(25)11-14)17-18(22-23-19(17)21(24)26)13-6-5-9-16(12-13)27-2/h4-9,11-12,17-20,22-23,25H,3,10H2,1-2H3. The molecule has 2 aliphatic rings. The number of nitrogens with one attached hydrogen (secondary N) is 2. The zero-order chi connectivity index (χ0) is 19.0. The molecule has 0 radical (unpaired) electrons. The molecule has 2 aromatic carbocycles. The van der Waals surface area contributed by atoms with Gasteiger partial charge in [0.15, 0.2) is 0 Å². The number of rotatable bonds is 5. The number of ether oxygens (including phenoxy) is 1. The van der Waals surface area contributed by atoms with Crippen molar-refractivity contribution in [2.45, 2.75) is 31.5 Å². The highest BCUT2D eigenvalue weighted by atomic mass is 16.5. The van der Waals surface area contributed by atoms with E-state index in [0.29, 0.717) is 6.54 Å². The molecular formula is C21H25N3O3. The maximum absolute atomic E-state index is 13.1. The lowest BCUT2D eigenvalue weighted by molar-refractivity contribution is -0.130. The summed E-state index contributed by atoms with van der Waals surface area (Å²) in [5.74, 6) is 1.13. The normalized spacial score (nSPS) is 27.0. The van der Waals surface area contributed by atoms with Gasteiger partial charge < -0.3 is 14.7 Å². The number of benzene rings is 2. The molecule has 0 saturated carbocycles. The Balaban J connectivity index is 1.76. The Bertz CT molecular complexity index is 841. The van der Waals surface area contributed by atoms with Crippen LogP contribution >= 0.6 is 0 Å². The van der Waals surface area contributed by atoms with Crippen molar-refractivity contribution in [3.63, 3.8) is 0 Å².